The number of rotatable bonds is 8. The smallest absolute Gasteiger partial charge is 0.226 e. The molecule has 52 heavy (non-hydrogen) atoms. The Balaban J connectivity index is 1.27. The number of pyridine rings is 1. The minimum atomic E-state index is -1.15. The molecular formula is C39H39Cl2FN8O2. The van der Waals surface area contributed by atoms with Gasteiger partial charge in [0.25, 0.3) is 0 Å². The molecule has 0 radical (unpaired) electrons. The third kappa shape index (κ3) is 5.24. The van der Waals surface area contributed by atoms with E-state index in [0.29, 0.717) is 63.8 Å². The van der Waals surface area contributed by atoms with Gasteiger partial charge >= 0.3 is 0 Å². The zero-order chi connectivity index (χ0) is 36.2. The van der Waals surface area contributed by atoms with Gasteiger partial charge in [0.1, 0.15) is 16.8 Å². The lowest BCUT2D eigenvalue weighted by Gasteiger charge is -2.39. The largest absolute Gasteiger partial charge is 0.384 e. The summed E-state index contributed by atoms with van der Waals surface area (Å²) in [5.41, 5.74) is 3.59. The Morgan fingerprint density at radius 2 is 2.00 bits per heavy atom. The number of aryl methyl sites for hydroxylation is 2. The van der Waals surface area contributed by atoms with E-state index in [1.165, 1.54) is 0 Å². The number of hydrogen-bond acceptors (Lipinski definition) is 7. The number of likely N-dealkylation sites (tertiary alicyclic amines) is 1. The van der Waals surface area contributed by atoms with Crippen molar-refractivity contribution in [2.75, 3.05) is 13.1 Å². The lowest BCUT2D eigenvalue weighted by atomic mass is 9.79. The molecule has 0 spiro atoms. The molecule has 3 aliphatic heterocycles. The first-order valence-electron chi connectivity index (χ1n) is 18.1. The van der Waals surface area contributed by atoms with Crippen LogP contribution in [0.25, 0.3) is 32.9 Å². The van der Waals surface area contributed by atoms with Gasteiger partial charge in [0.15, 0.2) is 5.82 Å². The standard InChI is InChI=1S/C39H39Cl2FN8O2/c1-19-25-15-30(29-14-23(17-48(29)38(51)20-9-10-20)49-18-31(46-47-49)39(2,3)52)50(36-22-13-28(36)44-16-22)37(25)26-12-21(6-5-11-43)32(34(42)35(26)45-19)24-7-4-8-27(40)33(24)41/h4,7-8,12,15,18,20,22-23,28-29,36,44,52H,5-6,9-10,13-14,16-17H2,1-3H3. The van der Waals surface area contributed by atoms with Gasteiger partial charge in [0, 0.05) is 64.8 Å². The molecule has 2 N–H and O–H groups in total. The molecule has 10 nitrogen and oxygen atoms in total. The van der Waals surface area contributed by atoms with E-state index in [1.807, 2.05) is 17.9 Å². The van der Waals surface area contributed by atoms with Crippen LogP contribution >= 0.6 is 23.2 Å². The second-order valence-corrected chi connectivity index (χ2v) is 16.4. The van der Waals surface area contributed by atoms with Crippen molar-refractivity contribution in [3.63, 3.8) is 0 Å². The number of aromatic nitrogens is 5. The van der Waals surface area contributed by atoms with Gasteiger partial charge in [-0.25, -0.2) is 14.1 Å². The number of halogens is 3. The molecule has 2 saturated carbocycles. The zero-order valence-corrected chi connectivity index (χ0v) is 30.7. The monoisotopic (exact) mass is 740 g/mol. The van der Waals surface area contributed by atoms with E-state index in [2.05, 4.69) is 32.3 Å². The number of carbonyl (C=O) groups excluding carboxylic acids is 1. The summed E-state index contributed by atoms with van der Waals surface area (Å²) in [6, 6.07) is 11.5. The number of benzene rings is 2. The maximum Gasteiger partial charge on any atom is 0.226 e. The summed E-state index contributed by atoms with van der Waals surface area (Å²) >= 11 is 13.1. The minimum absolute atomic E-state index is 0.0149. The number of amides is 1. The molecule has 3 saturated heterocycles. The molecule has 5 atom stereocenters. The molecule has 2 aliphatic carbocycles. The van der Waals surface area contributed by atoms with Gasteiger partial charge in [-0.1, -0.05) is 40.5 Å². The molecular weight excluding hydrogens is 702 g/mol. The minimum Gasteiger partial charge on any atom is -0.384 e. The third-order valence-electron chi connectivity index (χ3n) is 11.8. The van der Waals surface area contributed by atoms with E-state index < -0.39 is 11.4 Å². The van der Waals surface area contributed by atoms with Gasteiger partial charge < -0.3 is 19.9 Å². The summed E-state index contributed by atoms with van der Waals surface area (Å²) in [7, 11) is 0. The molecule has 1 amide bonds. The van der Waals surface area contributed by atoms with Crippen LogP contribution in [0.2, 0.25) is 10.0 Å². The van der Waals surface area contributed by atoms with Gasteiger partial charge in [-0.3, -0.25) is 4.79 Å². The highest BCUT2D eigenvalue weighted by molar-refractivity contribution is 6.43. The Morgan fingerprint density at radius 1 is 1.19 bits per heavy atom. The molecule has 3 aromatic heterocycles. The number of fused-ring (bicyclic) bond motifs is 4. The van der Waals surface area contributed by atoms with Crippen molar-refractivity contribution in [3.05, 3.63) is 75.0 Å². The van der Waals surface area contributed by atoms with Crippen LogP contribution in [0.1, 0.15) is 86.7 Å². The van der Waals surface area contributed by atoms with Crippen LogP contribution in [0.15, 0.2) is 36.5 Å². The van der Waals surface area contributed by atoms with Crippen molar-refractivity contribution in [2.45, 2.75) is 89.1 Å². The number of carbonyl (C=O) groups is 1. The summed E-state index contributed by atoms with van der Waals surface area (Å²) in [6.07, 6.45) is 5.74. The highest BCUT2D eigenvalue weighted by Gasteiger charge is 2.51. The summed E-state index contributed by atoms with van der Waals surface area (Å²) in [5, 5.41) is 34.8. The molecule has 268 valence electrons. The molecule has 5 aliphatic rings. The Hall–Kier alpha value is -4.08. The van der Waals surface area contributed by atoms with E-state index >= 15 is 4.39 Å². The molecule has 13 heteroatoms. The second kappa shape index (κ2) is 12.2. The van der Waals surface area contributed by atoms with Crippen LogP contribution in [0, 0.1) is 35.9 Å². The van der Waals surface area contributed by atoms with Crippen LogP contribution in [0.3, 0.4) is 0 Å². The third-order valence-corrected chi connectivity index (χ3v) is 12.6. The van der Waals surface area contributed by atoms with Crippen molar-refractivity contribution in [1.82, 2.24) is 34.8 Å². The Labute approximate surface area is 310 Å². The zero-order valence-electron chi connectivity index (χ0n) is 29.2. The van der Waals surface area contributed by atoms with Crippen molar-refractivity contribution < 1.29 is 14.3 Å². The fourth-order valence-electron chi connectivity index (χ4n) is 8.93. The van der Waals surface area contributed by atoms with Crippen LogP contribution in [-0.2, 0) is 16.8 Å². The molecule has 2 bridgehead atoms. The van der Waals surface area contributed by atoms with E-state index in [-0.39, 0.29) is 53.0 Å². The fraction of sp³-hybridized carbons (Fsp3) is 0.462. The summed E-state index contributed by atoms with van der Waals surface area (Å²) in [5.74, 6) is 0.0594. The predicted octanol–water partition coefficient (Wildman–Crippen LogP) is 7.34. The van der Waals surface area contributed by atoms with E-state index in [1.54, 1.807) is 42.9 Å². The number of hydrogen-bond donors (Lipinski definition) is 2. The SMILES string of the molecule is Cc1nc2c(F)c(-c3cccc(Cl)c3Cl)c(CCC#N)cc2c2c1cc(C1CC(n3cc(C(C)(C)O)nn3)CN1C(=O)C1CC1)n2C1C2CNC1C2. The predicted molar refractivity (Wildman–Crippen MR) is 196 cm³/mol. The number of aliphatic hydroxyl groups is 1. The van der Waals surface area contributed by atoms with Crippen molar-refractivity contribution >= 4 is 50.9 Å². The highest BCUT2D eigenvalue weighted by atomic mass is 35.5. The Morgan fingerprint density at radius 3 is 2.67 bits per heavy atom. The quantitative estimate of drug-likeness (QED) is 0.171. The fourth-order valence-corrected chi connectivity index (χ4v) is 9.32. The average Bonchev–Trinajstić information content (AvgIpc) is 3.61. The summed E-state index contributed by atoms with van der Waals surface area (Å²) < 4.78 is 21.4. The van der Waals surface area contributed by atoms with Gasteiger partial charge in [-0.05, 0) is 82.6 Å². The van der Waals surface area contributed by atoms with Gasteiger partial charge in [0.05, 0.1) is 46.0 Å². The normalized spacial score (nSPS) is 24.2. The van der Waals surface area contributed by atoms with E-state index in [4.69, 9.17) is 28.2 Å². The lowest BCUT2D eigenvalue weighted by molar-refractivity contribution is -0.133. The number of nitrogens with zero attached hydrogens (tertiary/aromatic N) is 7. The highest BCUT2D eigenvalue weighted by Crippen LogP contribution is 2.52. The van der Waals surface area contributed by atoms with Crippen molar-refractivity contribution in [2.24, 2.45) is 11.8 Å². The van der Waals surface area contributed by atoms with Crippen LogP contribution < -0.4 is 5.32 Å². The lowest BCUT2D eigenvalue weighted by Crippen LogP contribution is -2.41. The molecule has 6 heterocycles. The van der Waals surface area contributed by atoms with Crippen molar-refractivity contribution in [3.8, 4) is 17.2 Å². The summed E-state index contributed by atoms with van der Waals surface area (Å²) in [6.45, 7) is 6.65. The summed E-state index contributed by atoms with van der Waals surface area (Å²) in [4.78, 5) is 21.0. The number of nitrogens with one attached hydrogen (secondary N) is 1. The first kappa shape index (κ1) is 33.7. The average molecular weight is 742 g/mol. The maximum absolute atomic E-state index is 17.2. The Bertz CT molecular complexity index is 2320. The van der Waals surface area contributed by atoms with Gasteiger partial charge in [-0.2, -0.15) is 5.26 Å². The van der Waals surface area contributed by atoms with E-state index in [0.717, 1.165) is 42.4 Å². The molecule has 5 unspecified atom stereocenters. The second-order valence-electron chi connectivity index (χ2n) is 15.6. The molecule has 10 rings (SSSR count). The maximum atomic E-state index is 17.2. The number of nitriles is 1. The molecule has 2 aromatic carbocycles. The first-order chi connectivity index (χ1) is 24.9. The first-order valence-corrected chi connectivity index (χ1v) is 18.9. The van der Waals surface area contributed by atoms with Crippen LogP contribution in [-0.4, -0.2) is 59.6 Å². The topological polar surface area (TPSA) is 125 Å². The van der Waals surface area contributed by atoms with Crippen molar-refractivity contribution in [1.29, 1.82) is 5.26 Å². The van der Waals surface area contributed by atoms with Crippen LogP contribution in [0.4, 0.5) is 4.39 Å². The Kier molecular flexibility index (Phi) is 7.94. The van der Waals surface area contributed by atoms with Gasteiger partial charge in [-0.15, -0.1) is 5.10 Å². The van der Waals surface area contributed by atoms with Gasteiger partial charge in [0.2, 0.25) is 5.91 Å². The van der Waals surface area contributed by atoms with E-state index in [9.17, 15) is 15.2 Å². The van der Waals surface area contributed by atoms with Crippen LogP contribution in [0.5, 0.6) is 0 Å². The molecule has 5 fully saturated rings. The molecule has 5 aromatic rings.